The molecule has 0 aliphatic rings. The van der Waals surface area contributed by atoms with Crippen molar-refractivity contribution in [3.8, 4) is 0 Å². The van der Waals surface area contributed by atoms with Crippen molar-refractivity contribution >= 4 is 34.8 Å². The Kier molecular flexibility index (Phi) is 6.18. The van der Waals surface area contributed by atoms with E-state index >= 15 is 0 Å². The van der Waals surface area contributed by atoms with E-state index in [1.165, 1.54) is 0 Å². The second-order valence-electron chi connectivity index (χ2n) is 6.07. The molecule has 0 saturated carbocycles. The van der Waals surface area contributed by atoms with Crippen LogP contribution in [0.1, 0.15) is 32.0 Å². The molecule has 1 heterocycles. The summed E-state index contributed by atoms with van der Waals surface area (Å²) in [6.07, 6.45) is 1.55. The van der Waals surface area contributed by atoms with E-state index in [4.69, 9.17) is 16.6 Å². The Morgan fingerprint density at radius 1 is 1.00 bits per heavy atom. The van der Waals surface area contributed by atoms with Gasteiger partial charge in [0.1, 0.15) is 5.76 Å². The molecule has 0 atom stereocenters. The second kappa shape index (κ2) is 8.96. The summed E-state index contributed by atoms with van der Waals surface area (Å²) in [6, 6.07) is 17.6. The van der Waals surface area contributed by atoms with Gasteiger partial charge in [-0.3, -0.25) is 14.9 Å². The van der Waals surface area contributed by atoms with Gasteiger partial charge in [0.05, 0.1) is 12.8 Å². The molecule has 0 spiro atoms. The van der Waals surface area contributed by atoms with E-state index < -0.39 is 0 Å². The van der Waals surface area contributed by atoms with E-state index in [2.05, 4.69) is 16.0 Å². The van der Waals surface area contributed by atoms with Crippen molar-refractivity contribution in [3.63, 3.8) is 0 Å². The van der Waals surface area contributed by atoms with E-state index in [0.717, 1.165) is 5.56 Å². The van der Waals surface area contributed by atoms with Crippen LogP contribution in [0.15, 0.2) is 71.3 Å². The third-order valence-corrected chi connectivity index (χ3v) is 4.21. The highest BCUT2D eigenvalue weighted by Gasteiger charge is 2.11. The summed E-state index contributed by atoms with van der Waals surface area (Å²) in [5, 5.41) is 8.51. The molecule has 0 saturated heterocycles. The van der Waals surface area contributed by atoms with Gasteiger partial charge < -0.3 is 15.1 Å². The third-order valence-electron chi connectivity index (χ3n) is 4.00. The average Bonchev–Trinajstić information content (AvgIpc) is 3.20. The van der Waals surface area contributed by atoms with E-state index in [0.29, 0.717) is 29.1 Å². The van der Waals surface area contributed by atoms with Crippen molar-refractivity contribution in [1.29, 1.82) is 0 Å². The zero-order valence-corrected chi connectivity index (χ0v) is 16.0. The van der Waals surface area contributed by atoms with Gasteiger partial charge in [-0.05, 0) is 61.1 Å². The van der Waals surface area contributed by atoms with Gasteiger partial charge in [0, 0.05) is 16.8 Å². The first-order valence-corrected chi connectivity index (χ1v) is 9.02. The summed E-state index contributed by atoms with van der Waals surface area (Å²) >= 11 is 5.21. The van der Waals surface area contributed by atoms with Crippen LogP contribution in [0.3, 0.4) is 0 Å². The molecule has 0 unspecified atom stereocenters. The molecule has 142 valence electrons. The summed E-state index contributed by atoms with van der Waals surface area (Å²) < 4.78 is 5.19. The molecule has 0 fully saturated rings. The maximum Gasteiger partial charge on any atom is 0.257 e. The zero-order valence-electron chi connectivity index (χ0n) is 15.2. The smallest absolute Gasteiger partial charge is 0.257 e. The number of aryl methyl sites for hydroxylation is 1. The molecule has 6 nitrogen and oxygen atoms in total. The molecule has 3 rings (SSSR count). The van der Waals surface area contributed by atoms with Gasteiger partial charge in [0.15, 0.2) is 5.11 Å². The van der Waals surface area contributed by atoms with Crippen molar-refractivity contribution in [2.24, 2.45) is 0 Å². The number of hydrogen-bond acceptors (Lipinski definition) is 4. The van der Waals surface area contributed by atoms with Crippen molar-refractivity contribution < 1.29 is 14.0 Å². The third kappa shape index (κ3) is 5.05. The minimum Gasteiger partial charge on any atom is -0.467 e. The summed E-state index contributed by atoms with van der Waals surface area (Å²) in [5.74, 6) is 0.139. The molecular formula is C21H19N3O3S. The first-order valence-electron chi connectivity index (χ1n) is 8.61. The molecule has 28 heavy (non-hydrogen) atoms. The lowest BCUT2D eigenvalue weighted by molar-refractivity contribution is 0.0946. The number of anilines is 1. The van der Waals surface area contributed by atoms with Crippen LogP contribution in [-0.4, -0.2) is 16.9 Å². The molecular weight excluding hydrogens is 374 g/mol. The van der Waals surface area contributed by atoms with Crippen molar-refractivity contribution in [2.45, 2.75) is 13.5 Å². The minimum atomic E-state index is -0.289. The Morgan fingerprint density at radius 2 is 1.82 bits per heavy atom. The zero-order chi connectivity index (χ0) is 19.9. The Bertz CT molecular complexity index is 1000. The van der Waals surface area contributed by atoms with Crippen LogP contribution in [0.25, 0.3) is 0 Å². The van der Waals surface area contributed by atoms with Gasteiger partial charge in [-0.25, -0.2) is 0 Å². The monoisotopic (exact) mass is 393 g/mol. The molecule has 3 N–H and O–H groups in total. The summed E-state index contributed by atoms with van der Waals surface area (Å²) in [6.45, 7) is 2.16. The van der Waals surface area contributed by atoms with Crippen LogP contribution >= 0.6 is 12.2 Å². The van der Waals surface area contributed by atoms with Gasteiger partial charge in [-0.2, -0.15) is 0 Å². The number of benzene rings is 2. The van der Waals surface area contributed by atoms with E-state index in [-0.39, 0.29) is 16.9 Å². The number of carbonyl (C=O) groups is 2. The number of thiocarbonyl (C=S) groups is 1. The van der Waals surface area contributed by atoms with Gasteiger partial charge in [-0.15, -0.1) is 0 Å². The maximum atomic E-state index is 12.3. The minimum absolute atomic E-state index is 0.154. The molecule has 2 aromatic carbocycles. The largest absolute Gasteiger partial charge is 0.467 e. The molecule has 0 radical (unpaired) electrons. The number of carbonyl (C=O) groups excluding carboxylic acids is 2. The Labute approximate surface area is 167 Å². The highest BCUT2D eigenvalue weighted by Crippen LogP contribution is 2.12. The molecule has 0 bridgehead atoms. The van der Waals surface area contributed by atoms with Crippen molar-refractivity contribution in [3.05, 3.63) is 89.4 Å². The second-order valence-corrected chi connectivity index (χ2v) is 6.47. The molecule has 0 aliphatic carbocycles. The average molecular weight is 393 g/mol. The summed E-state index contributed by atoms with van der Waals surface area (Å²) in [7, 11) is 0. The van der Waals surface area contributed by atoms with Crippen LogP contribution in [0.4, 0.5) is 5.69 Å². The molecule has 3 aromatic rings. The van der Waals surface area contributed by atoms with E-state index in [1.54, 1.807) is 54.8 Å². The van der Waals surface area contributed by atoms with Gasteiger partial charge in [-0.1, -0.05) is 24.3 Å². The fourth-order valence-electron chi connectivity index (χ4n) is 2.58. The van der Waals surface area contributed by atoms with Crippen molar-refractivity contribution in [2.75, 3.05) is 5.32 Å². The van der Waals surface area contributed by atoms with Crippen LogP contribution in [0.2, 0.25) is 0 Å². The Balaban J connectivity index is 1.59. The Hall–Kier alpha value is -3.45. The standard InChI is InChI=1S/C21H19N3O3S/c1-14-6-2-3-10-18(14)20(26)24-21(28)23-16-8-4-7-15(12-16)19(25)22-13-17-9-5-11-27-17/h2-12H,13H2,1H3,(H,22,25)(H2,23,24,26,28). The SMILES string of the molecule is Cc1ccccc1C(=O)NC(=S)Nc1cccc(C(=O)NCc2ccco2)c1. The summed E-state index contributed by atoms with van der Waals surface area (Å²) in [4.78, 5) is 24.6. The number of nitrogens with one attached hydrogen (secondary N) is 3. The van der Waals surface area contributed by atoms with Crippen LogP contribution in [0, 0.1) is 6.92 Å². The van der Waals surface area contributed by atoms with Gasteiger partial charge in [0.2, 0.25) is 0 Å². The molecule has 7 heteroatoms. The number of amides is 2. The molecule has 1 aromatic heterocycles. The van der Waals surface area contributed by atoms with Crippen LogP contribution < -0.4 is 16.0 Å². The highest BCUT2D eigenvalue weighted by molar-refractivity contribution is 7.80. The fraction of sp³-hybridized carbons (Fsp3) is 0.0952. The first-order chi connectivity index (χ1) is 13.5. The number of furan rings is 1. The normalized spacial score (nSPS) is 10.2. The van der Waals surface area contributed by atoms with Gasteiger partial charge >= 0.3 is 0 Å². The fourth-order valence-corrected chi connectivity index (χ4v) is 2.79. The van der Waals surface area contributed by atoms with Crippen molar-refractivity contribution in [1.82, 2.24) is 10.6 Å². The predicted molar refractivity (Wildman–Crippen MR) is 111 cm³/mol. The number of rotatable bonds is 5. The number of hydrogen-bond donors (Lipinski definition) is 3. The highest BCUT2D eigenvalue weighted by atomic mass is 32.1. The molecule has 0 aliphatic heterocycles. The topological polar surface area (TPSA) is 83.4 Å². The van der Waals surface area contributed by atoms with Crippen LogP contribution in [0.5, 0.6) is 0 Å². The maximum absolute atomic E-state index is 12.3. The predicted octanol–water partition coefficient (Wildman–Crippen LogP) is 3.64. The molecule has 2 amide bonds. The summed E-state index contributed by atoms with van der Waals surface area (Å²) in [5.41, 5.74) is 2.47. The van der Waals surface area contributed by atoms with Crippen LogP contribution in [-0.2, 0) is 6.54 Å². The first kappa shape index (κ1) is 19.3. The van der Waals surface area contributed by atoms with E-state index in [9.17, 15) is 9.59 Å². The Morgan fingerprint density at radius 3 is 2.57 bits per heavy atom. The lowest BCUT2D eigenvalue weighted by atomic mass is 10.1. The quantitative estimate of drug-likeness (QED) is 0.577. The lowest BCUT2D eigenvalue weighted by Gasteiger charge is -2.12. The van der Waals surface area contributed by atoms with Gasteiger partial charge in [0.25, 0.3) is 11.8 Å². The van der Waals surface area contributed by atoms with E-state index in [1.807, 2.05) is 19.1 Å². The lowest BCUT2D eigenvalue weighted by Crippen LogP contribution is -2.34.